The second-order valence-corrected chi connectivity index (χ2v) is 5.71. The molecule has 4 heteroatoms. The highest BCUT2D eigenvalue weighted by atomic mass is 79.9. The second-order valence-electron chi connectivity index (χ2n) is 4.91. The summed E-state index contributed by atoms with van der Waals surface area (Å²) in [6, 6.07) is 8.14. The van der Waals surface area contributed by atoms with Crippen LogP contribution in [-0.4, -0.2) is 0 Å². The highest BCUT2D eigenvalue weighted by Gasteiger charge is 2.15. The molecular formula is C16H17BrFNO. The molecule has 2 aromatic carbocycles. The largest absolute Gasteiger partial charge is 0.457 e. The first-order valence-corrected chi connectivity index (χ1v) is 7.18. The minimum absolute atomic E-state index is 0.344. The van der Waals surface area contributed by atoms with Crippen LogP contribution < -0.4 is 10.5 Å². The lowest BCUT2D eigenvalue weighted by Gasteiger charge is -2.15. The molecule has 20 heavy (non-hydrogen) atoms. The molecule has 2 aromatic rings. The van der Waals surface area contributed by atoms with Crippen molar-refractivity contribution in [3.8, 4) is 11.5 Å². The minimum Gasteiger partial charge on any atom is -0.457 e. The zero-order valence-corrected chi connectivity index (χ0v) is 13.3. The van der Waals surface area contributed by atoms with Crippen LogP contribution in [0.5, 0.6) is 11.5 Å². The molecule has 0 aliphatic rings. The van der Waals surface area contributed by atoms with Gasteiger partial charge in [-0.15, -0.1) is 0 Å². The molecule has 0 bridgehead atoms. The van der Waals surface area contributed by atoms with Crippen molar-refractivity contribution in [3.63, 3.8) is 0 Å². The molecular weight excluding hydrogens is 321 g/mol. The Morgan fingerprint density at radius 1 is 1.20 bits per heavy atom. The van der Waals surface area contributed by atoms with Crippen molar-refractivity contribution in [2.45, 2.75) is 26.8 Å². The molecule has 0 aliphatic carbocycles. The van der Waals surface area contributed by atoms with Crippen molar-refractivity contribution in [2.75, 3.05) is 0 Å². The number of hydrogen-bond acceptors (Lipinski definition) is 2. The van der Waals surface area contributed by atoms with Crippen molar-refractivity contribution in [1.82, 2.24) is 0 Å². The van der Waals surface area contributed by atoms with Crippen LogP contribution in [0.2, 0.25) is 0 Å². The van der Waals surface area contributed by atoms with Crippen LogP contribution in [0.25, 0.3) is 0 Å². The number of benzene rings is 2. The molecule has 106 valence electrons. The molecule has 0 heterocycles. The Balaban J connectivity index is 2.43. The average Bonchev–Trinajstić information content (AvgIpc) is 2.35. The van der Waals surface area contributed by atoms with E-state index in [2.05, 4.69) is 15.9 Å². The van der Waals surface area contributed by atoms with Crippen molar-refractivity contribution < 1.29 is 9.13 Å². The first-order valence-electron chi connectivity index (χ1n) is 6.38. The molecule has 0 amide bonds. The Labute approximate surface area is 126 Å². The van der Waals surface area contributed by atoms with Crippen LogP contribution in [0.1, 0.15) is 29.7 Å². The zero-order valence-electron chi connectivity index (χ0n) is 11.7. The standard InChI is InChI=1S/C16H17BrFNO/c1-9-7-12(8-10(2)16(9)17)20-14-6-4-5-13(18)15(14)11(3)19/h4-8,11H,19H2,1-3H3/t11-/m1/s1. The summed E-state index contributed by atoms with van der Waals surface area (Å²) in [5.74, 6) is 0.792. The smallest absolute Gasteiger partial charge is 0.135 e. The maximum atomic E-state index is 13.9. The normalized spacial score (nSPS) is 12.3. The molecule has 0 saturated heterocycles. The monoisotopic (exact) mass is 337 g/mol. The Hall–Kier alpha value is -1.39. The zero-order chi connectivity index (χ0) is 14.9. The van der Waals surface area contributed by atoms with Gasteiger partial charge in [-0.05, 0) is 56.2 Å². The quantitative estimate of drug-likeness (QED) is 0.853. The van der Waals surface area contributed by atoms with E-state index in [0.29, 0.717) is 17.1 Å². The van der Waals surface area contributed by atoms with Gasteiger partial charge in [-0.2, -0.15) is 0 Å². The predicted molar refractivity (Wildman–Crippen MR) is 82.7 cm³/mol. The van der Waals surface area contributed by atoms with Gasteiger partial charge in [0.15, 0.2) is 0 Å². The fourth-order valence-corrected chi connectivity index (χ4v) is 2.37. The van der Waals surface area contributed by atoms with Crippen LogP contribution in [0.15, 0.2) is 34.8 Å². The summed E-state index contributed by atoms with van der Waals surface area (Å²) in [7, 11) is 0. The highest BCUT2D eigenvalue weighted by molar-refractivity contribution is 9.10. The maximum Gasteiger partial charge on any atom is 0.135 e. The maximum absolute atomic E-state index is 13.9. The van der Waals surface area contributed by atoms with Gasteiger partial charge in [-0.25, -0.2) is 4.39 Å². The van der Waals surface area contributed by atoms with E-state index in [-0.39, 0.29) is 5.82 Å². The summed E-state index contributed by atoms with van der Waals surface area (Å²) in [6.45, 7) is 5.72. The van der Waals surface area contributed by atoms with E-state index in [1.807, 2.05) is 26.0 Å². The van der Waals surface area contributed by atoms with Crippen molar-refractivity contribution in [3.05, 3.63) is 57.3 Å². The van der Waals surface area contributed by atoms with Crippen LogP contribution in [-0.2, 0) is 0 Å². The number of aryl methyl sites for hydroxylation is 2. The fraction of sp³-hybridized carbons (Fsp3) is 0.250. The van der Waals surface area contributed by atoms with Gasteiger partial charge in [0.25, 0.3) is 0 Å². The van der Waals surface area contributed by atoms with E-state index in [1.165, 1.54) is 6.07 Å². The third kappa shape index (κ3) is 3.02. The molecule has 0 saturated carbocycles. The van der Waals surface area contributed by atoms with Crippen LogP contribution in [0, 0.1) is 19.7 Å². The summed E-state index contributed by atoms with van der Waals surface area (Å²) < 4.78 is 20.7. The summed E-state index contributed by atoms with van der Waals surface area (Å²) in [5.41, 5.74) is 8.36. The van der Waals surface area contributed by atoms with Gasteiger partial charge in [0.2, 0.25) is 0 Å². The minimum atomic E-state index is -0.427. The van der Waals surface area contributed by atoms with Gasteiger partial charge in [-0.3, -0.25) is 0 Å². The number of ether oxygens (including phenoxy) is 1. The molecule has 1 atom stereocenters. The van der Waals surface area contributed by atoms with E-state index < -0.39 is 6.04 Å². The molecule has 0 unspecified atom stereocenters. The SMILES string of the molecule is Cc1cc(Oc2cccc(F)c2[C@@H](C)N)cc(C)c1Br. The molecule has 2 rings (SSSR count). The van der Waals surface area contributed by atoms with Gasteiger partial charge in [0.1, 0.15) is 17.3 Å². The molecule has 0 radical (unpaired) electrons. The highest BCUT2D eigenvalue weighted by Crippen LogP contribution is 2.33. The Morgan fingerprint density at radius 2 is 1.80 bits per heavy atom. The first-order chi connectivity index (χ1) is 9.40. The van der Waals surface area contributed by atoms with E-state index in [0.717, 1.165) is 15.6 Å². The molecule has 2 N–H and O–H groups in total. The van der Waals surface area contributed by atoms with Gasteiger partial charge in [0.05, 0.1) is 0 Å². The third-order valence-electron chi connectivity index (χ3n) is 3.11. The molecule has 2 nitrogen and oxygen atoms in total. The lowest BCUT2D eigenvalue weighted by atomic mass is 10.1. The lowest BCUT2D eigenvalue weighted by Crippen LogP contribution is -2.09. The van der Waals surface area contributed by atoms with Crippen LogP contribution in [0.4, 0.5) is 4.39 Å². The number of hydrogen-bond donors (Lipinski definition) is 1. The molecule has 0 aliphatic heterocycles. The lowest BCUT2D eigenvalue weighted by molar-refractivity contribution is 0.460. The predicted octanol–water partition coefficient (Wildman–Crippen LogP) is 5.02. The van der Waals surface area contributed by atoms with Gasteiger partial charge in [0, 0.05) is 16.1 Å². The summed E-state index contributed by atoms with van der Waals surface area (Å²) in [4.78, 5) is 0. The second kappa shape index (κ2) is 5.94. The van der Waals surface area contributed by atoms with E-state index in [4.69, 9.17) is 10.5 Å². The van der Waals surface area contributed by atoms with Crippen LogP contribution >= 0.6 is 15.9 Å². The number of nitrogens with two attached hydrogens (primary N) is 1. The molecule has 0 aromatic heterocycles. The van der Waals surface area contributed by atoms with Crippen LogP contribution in [0.3, 0.4) is 0 Å². The van der Waals surface area contributed by atoms with E-state index in [9.17, 15) is 4.39 Å². The molecule has 0 fully saturated rings. The Kier molecular flexibility index (Phi) is 4.45. The Bertz CT molecular complexity index is 617. The van der Waals surface area contributed by atoms with Crippen molar-refractivity contribution in [1.29, 1.82) is 0 Å². The van der Waals surface area contributed by atoms with E-state index in [1.54, 1.807) is 19.1 Å². The number of halogens is 2. The third-order valence-corrected chi connectivity index (χ3v) is 4.36. The van der Waals surface area contributed by atoms with Gasteiger partial charge < -0.3 is 10.5 Å². The van der Waals surface area contributed by atoms with E-state index >= 15 is 0 Å². The summed E-state index contributed by atoms with van der Waals surface area (Å²) in [5, 5.41) is 0. The fourth-order valence-electron chi connectivity index (χ4n) is 2.14. The summed E-state index contributed by atoms with van der Waals surface area (Å²) >= 11 is 3.51. The Morgan fingerprint density at radius 3 is 2.35 bits per heavy atom. The van der Waals surface area contributed by atoms with Gasteiger partial charge in [-0.1, -0.05) is 22.0 Å². The van der Waals surface area contributed by atoms with Gasteiger partial charge >= 0.3 is 0 Å². The first kappa shape index (κ1) is 15.0. The summed E-state index contributed by atoms with van der Waals surface area (Å²) in [6.07, 6.45) is 0. The van der Waals surface area contributed by atoms with Crippen molar-refractivity contribution in [2.24, 2.45) is 5.73 Å². The number of rotatable bonds is 3. The molecule has 0 spiro atoms. The topological polar surface area (TPSA) is 35.2 Å². The van der Waals surface area contributed by atoms with Crippen molar-refractivity contribution >= 4 is 15.9 Å². The average molecular weight is 338 g/mol.